The quantitative estimate of drug-likeness (QED) is 0.665. The predicted octanol–water partition coefficient (Wildman–Crippen LogP) is 2.00. The van der Waals surface area contributed by atoms with Crippen LogP contribution in [0.2, 0.25) is 0 Å². The molecular weight excluding hydrogens is 324 g/mol. The first kappa shape index (κ1) is 15.9. The number of hydrogen-bond donors (Lipinski definition) is 0. The lowest BCUT2D eigenvalue weighted by Gasteiger charge is -2.19. The molecule has 25 heavy (non-hydrogen) atoms. The minimum Gasteiger partial charge on any atom is -0.375 e. The molecular formula is C16H18N6O3. The Bertz CT molecular complexity index is 818. The Hall–Kier alpha value is -2.65. The Morgan fingerprint density at radius 3 is 3.04 bits per heavy atom. The van der Waals surface area contributed by atoms with Gasteiger partial charge in [-0.1, -0.05) is 16.4 Å². The highest BCUT2D eigenvalue weighted by atomic mass is 16.5. The number of ether oxygens (including phenoxy) is 1. The van der Waals surface area contributed by atoms with E-state index in [0.29, 0.717) is 42.3 Å². The first-order valence-corrected chi connectivity index (χ1v) is 8.13. The van der Waals surface area contributed by atoms with E-state index in [1.165, 1.54) is 0 Å². The van der Waals surface area contributed by atoms with Crippen LogP contribution in [0.3, 0.4) is 0 Å². The zero-order valence-electron chi connectivity index (χ0n) is 13.8. The topological polar surface area (TPSA) is 103 Å². The molecule has 9 nitrogen and oxygen atoms in total. The van der Waals surface area contributed by atoms with Gasteiger partial charge in [-0.2, -0.15) is 9.97 Å². The molecule has 4 rings (SSSR count). The SMILES string of the molecule is COCc1nc(CN2CCC[C@H]2c2nc(-c3ccccn3)no2)no1. The molecule has 0 aliphatic carbocycles. The maximum Gasteiger partial charge on any atom is 0.252 e. The van der Waals surface area contributed by atoms with Gasteiger partial charge in [-0.15, -0.1) is 0 Å². The van der Waals surface area contributed by atoms with Gasteiger partial charge in [0.15, 0.2) is 5.82 Å². The van der Waals surface area contributed by atoms with E-state index in [0.717, 1.165) is 19.4 Å². The molecule has 1 saturated heterocycles. The van der Waals surface area contributed by atoms with Crippen molar-refractivity contribution >= 4 is 0 Å². The zero-order chi connectivity index (χ0) is 17.1. The Balaban J connectivity index is 1.48. The molecule has 0 saturated carbocycles. The van der Waals surface area contributed by atoms with Gasteiger partial charge in [0.1, 0.15) is 12.3 Å². The van der Waals surface area contributed by atoms with Gasteiger partial charge in [0, 0.05) is 13.3 Å². The van der Waals surface area contributed by atoms with Gasteiger partial charge in [-0.25, -0.2) is 0 Å². The minimum atomic E-state index is 0.0503. The lowest BCUT2D eigenvalue weighted by atomic mass is 10.2. The average molecular weight is 342 g/mol. The molecule has 3 aromatic heterocycles. The molecule has 1 aliphatic heterocycles. The second-order valence-corrected chi connectivity index (χ2v) is 5.84. The van der Waals surface area contributed by atoms with Gasteiger partial charge in [0.05, 0.1) is 12.6 Å². The summed E-state index contributed by atoms with van der Waals surface area (Å²) >= 11 is 0. The monoisotopic (exact) mass is 342 g/mol. The van der Waals surface area contributed by atoms with E-state index in [1.807, 2.05) is 18.2 Å². The van der Waals surface area contributed by atoms with Crippen molar-refractivity contribution in [3.05, 3.63) is 42.0 Å². The fourth-order valence-corrected chi connectivity index (χ4v) is 2.98. The number of aromatic nitrogens is 5. The van der Waals surface area contributed by atoms with Crippen LogP contribution < -0.4 is 0 Å². The molecule has 3 aromatic rings. The summed E-state index contributed by atoms with van der Waals surface area (Å²) in [5.74, 6) is 2.20. The zero-order valence-corrected chi connectivity index (χ0v) is 13.8. The molecule has 0 N–H and O–H groups in total. The summed E-state index contributed by atoms with van der Waals surface area (Å²) in [6.45, 7) is 1.80. The van der Waals surface area contributed by atoms with Crippen molar-refractivity contribution in [3.63, 3.8) is 0 Å². The van der Waals surface area contributed by atoms with Gasteiger partial charge < -0.3 is 13.8 Å². The van der Waals surface area contributed by atoms with Crippen molar-refractivity contribution in [2.75, 3.05) is 13.7 Å². The number of likely N-dealkylation sites (tertiary alicyclic amines) is 1. The van der Waals surface area contributed by atoms with Crippen molar-refractivity contribution < 1.29 is 13.8 Å². The van der Waals surface area contributed by atoms with Crippen LogP contribution in [0, 0.1) is 0 Å². The number of methoxy groups -OCH3 is 1. The van der Waals surface area contributed by atoms with E-state index in [-0.39, 0.29) is 6.04 Å². The summed E-state index contributed by atoms with van der Waals surface area (Å²) in [6.07, 6.45) is 3.71. The number of hydrogen-bond acceptors (Lipinski definition) is 9. The first-order valence-electron chi connectivity index (χ1n) is 8.13. The van der Waals surface area contributed by atoms with E-state index >= 15 is 0 Å². The number of rotatable bonds is 6. The third kappa shape index (κ3) is 3.42. The van der Waals surface area contributed by atoms with Crippen LogP contribution in [0.5, 0.6) is 0 Å². The van der Waals surface area contributed by atoms with Crippen LogP contribution in [0.4, 0.5) is 0 Å². The van der Waals surface area contributed by atoms with Crippen molar-refractivity contribution in [3.8, 4) is 11.5 Å². The Morgan fingerprint density at radius 2 is 2.20 bits per heavy atom. The van der Waals surface area contributed by atoms with E-state index in [1.54, 1.807) is 13.3 Å². The highest BCUT2D eigenvalue weighted by molar-refractivity contribution is 5.47. The second kappa shape index (κ2) is 7.08. The maximum atomic E-state index is 5.49. The molecule has 0 unspecified atom stereocenters. The van der Waals surface area contributed by atoms with Crippen LogP contribution in [0.15, 0.2) is 33.4 Å². The standard InChI is InChI=1S/C16H18N6O3/c1-23-10-14-18-13(20-24-14)9-22-8-4-6-12(22)16-19-15(21-25-16)11-5-2-3-7-17-11/h2-3,5,7,12H,4,6,8-10H2,1H3/t12-/m0/s1. The van der Waals surface area contributed by atoms with E-state index in [9.17, 15) is 0 Å². The summed E-state index contributed by atoms with van der Waals surface area (Å²) in [7, 11) is 1.59. The lowest BCUT2D eigenvalue weighted by molar-refractivity contribution is 0.151. The third-order valence-electron chi connectivity index (χ3n) is 4.11. The van der Waals surface area contributed by atoms with E-state index < -0.39 is 0 Å². The Kier molecular flexibility index (Phi) is 4.49. The fourth-order valence-electron chi connectivity index (χ4n) is 2.98. The average Bonchev–Trinajstić information content (AvgIpc) is 3.37. The van der Waals surface area contributed by atoms with Gasteiger partial charge in [0.2, 0.25) is 11.7 Å². The molecule has 130 valence electrons. The molecule has 0 amide bonds. The highest BCUT2D eigenvalue weighted by Crippen LogP contribution is 2.32. The third-order valence-corrected chi connectivity index (χ3v) is 4.11. The molecule has 1 atom stereocenters. The molecule has 1 fully saturated rings. The van der Waals surface area contributed by atoms with Crippen LogP contribution in [0.25, 0.3) is 11.5 Å². The Morgan fingerprint density at radius 1 is 1.24 bits per heavy atom. The number of nitrogens with zero attached hydrogens (tertiary/aromatic N) is 6. The largest absolute Gasteiger partial charge is 0.375 e. The maximum absolute atomic E-state index is 5.49. The smallest absolute Gasteiger partial charge is 0.252 e. The molecule has 9 heteroatoms. The number of pyridine rings is 1. The summed E-state index contributed by atoms with van der Waals surface area (Å²) in [5.41, 5.74) is 0.699. The molecule has 0 radical (unpaired) electrons. The van der Waals surface area contributed by atoms with Gasteiger partial charge in [-0.3, -0.25) is 9.88 Å². The van der Waals surface area contributed by atoms with Crippen LogP contribution in [-0.4, -0.2) is 43.8 Å². The van der Waals surface area contributed by atoms with Crippen molar-refractivity contribution in [2.24, 2.45) is 0 Å². The minimum absolute atomic E-state index is 0.0503. The predicted molar refractivity (Wildman–Crippen MR) is 84.9 cm³/mol. The molecule has 0 bridgehead atoms. The van der Waals surface area contributed by atoms with Gasteiger partial charge in [-0.05, 0) is 31.5 Å². The second-order valence-electron chi connectivity index (χ2n) is 5.84. The van der Waals surface area contributed by atoms with Crippen molar-refractivity contribution in [2.45, 2.75) is 32.0 Å². The van der Waals surface area contributed by atoms with E-state index in [4.69, 9.17) is 13.8 Å². The summed E-state index contributed by atoms with van der Waals surface area (Å²) in [5, 5.41) is 8.05. The molecule has 0 aromatic carbocycles. The molecule has 0 spiro atoms. The van der Waals surface area contributed by atoms with Crippen LogP contribution >= 0.6 is 0 Å². The molecule has 1 aliphatic rings. The Labute approximate surface area is 144 Å². The highest BCUT2D eigenvalue weighted by Gasteiger charge is 2.32. The first-order chi connectivity index (χ1) is 12.3. The summed E-state index contributed by atoms with van der Waals surface area (Å²) in [4.78, 5) is 15.3. The molecule has 4 heterocycles. The van der Waals surface area contributed by atoms with Crippen LogP contribution in [-0.2, 0) is 17.9 Å². The van der Waals surface area contributed by atoms with Crippen LogP contribution in [0.1, 0.15) is 36.5 Å². The van der Waals surface area contributed by atoms with Gasteiger partial charge >= 0.3 is 0 Å². The van der Waals surface area contributed by atoms with Crippen molar-refractivity contribution in [1.82, 2.24) is 30.2 Å². The van der Waals surface area contributed by atoms with Crippen molar-refractivity contribution in [1.29, 1.82) is 0 Å². The van der Waals surface area contributed by atoms with E-state index in [2.05, 4.69) is 30.2 Å². The summed E-state index contributed by atoms with van der Waals surface area (Å²) < 4.78 is 15.6. The summed E-state index contributed by atoms with van der Waals surface area (Å²) in [6, 6.07) is 5.66. The normalized spacial score (nSPS) is 18.0. The van der Waals surface area contributed by atoms with Gasteiger partial charge in [0.25, 0.3) is 5.89 Å². The fraction of sp³-hybridized carbons (Fsp3) is 0.438. The lowest BCUT2D eigenvalue weighted by Crippen LogP contribution is -2.23.